The number of likely N-dealkylation sites (N-methyl/N-ethyl adjacent to an activating group) is 2. The van der Waals surface area contributed by atoms with E-state index in [0.717, 1.165) is 11.3 Å². The van der Waals surface area contributed by atoms with Crippen molar-refractivity contribution in [2.75, 3.05) is 25.5 Å². The van der Waals surface area contributed by atoms with Gasteiger partial charge in [0.25, 0.3) is 0 Å². The summed E-state index contributed by atoms with van der Waals surface area (Å²) in [6.45, 7) is 2.18. The van der Waals surface area contributed by atoms with Crippen LogP contribution in [0, 0.1) is 18.3 Å². The minimum absolute atomic E-state index is 0.0769. The van der Waals surface area contributed by atoms with Crippen LogP contribution < -0.4 is 10.2 Å². The number of nitrogens with one attached hydrogen (secondary N) is 1. The van der Waals surface area contributed by atoms with Gasteiger partial charge in [-0.3, -0.25) is 4.79 Å². The highest BCUT2D eigenvalue weighted by Crippen LogP contribution is 2.19. The number of anilines is 1. The van der Waals surface area contributed by atoms with E-state index < -0.39 is 0 Å². The molecule has 4 heteroatoms. The minimum atomic E-state index is -0.0769. The molecule has 0 fully saturated rings. The van der Waals surface area contributed by atoms with Gasteiger partial charge in [-0.25, -0.2) is 0 Å². The number of amides is 1. The van der Waals surface area contributed by atoms with Gasteiger partial charge in [-0.15, -0.1) is 0 Å². The van der Waals surface area contributed by atoms with Gasteiger partial charge in [0.2, 0.25) is 5.91 Å². The number of nitriles is 1. The molecule has 1 N–H and O–H groups in total. The zero-order chi connectivity index (χ0) is 12.1. The van der Waals surface area contributed by atoms with Gasteiger partial charge in [0.05, 0.1) is 17.8 Å². The number of rotatable bonds is 3. The van der Waals surface area contributed by atoms with Crippen molar-refractivity contribution in [3.63, 3.8) is 0 Å². The maximum Gasteiger partial charge on any atom is 0.239 e. The number of aryl methyl sites for hydroxylation is 1. The Morgan fingerprint density at radius 2 is 2.25 bits per heavy atom. The second-order valence-corrected chi connectivity index (χ2v) is 3.66. The number of hydrogen-bond donors (Lipinski definition) is 1. The van der Waals surface area contributed by atoms with Gasteiger partial charge in [-0.2, -0.15) is 5.26 Å². The van der Waals surface area contributed by atoms with Gasteiger partial charge in [0, 0.05) is 14.1 Å². The monoisotopic (exact) mass is 217 g/mol. The molecule has 0 heterocycles. The van der Waals surface area contributed by atoms with Crippen LogP contribution in [0.1, 0.15) is 11.1 Å². The molecule has 0 saturated heterocycles. The van der Waals surface area contributed by atoms with E-state index in [9.17, 15) is 4.79 Å². The van der Waals surface area contributed by atoms with Crippen LogP contribution in [0.3, 0.4) is 0 Å². The summed E-state index contributed by atoms with van der Waals surface area (Å²) in [6, 6.07) is 7.74. The van der Waals surface area contributed by atoms with Crippen molar-refractivity contribution < 1.29 is 4.79 Å². The van der Waals surface area contributed by atoms with Crippen LogP contribution in [-0.4, -0.2) is 26.5 Å². The van der Waals surface area contributed by atoms with Gasteiger partial charge in [-0.05, 0) is 24.6 Å². The standard InChI is InChI=1S/C12H15N3O/c1-9-4-5-11(10(6-9)7-13)15(3)8-12(16)14-2/h4-6H,8H2,1-3H3,(H,14,16). The summed E-state index contributed by atoms with van der Waals surface area (Å²) in [6.07, 6.45) is 0. The number of carbonyl (C=O) groups excluding carboxylic acids is 1. The van der Waals surface area contributed by atoms with Crippen molar-refractivity contribution in [3.05, 3.63) is 29.3 Å². The first-order valence-corrected chi connectivity index (χ1v) is 5.01. The predicted molar refractivity (Wildman–Crippen MR) is 63.2 cm³/mol. The van der Waals surface area contributed by atoms with Crippen LogP contribution in [0.15, 0.2) is 18.2 Å². The first kappa shape index (κ1) is 12.1. The molecule has 84 valence electrons. The summed E-state index contributed by atoms with van der Waals surface area (Å²) in [5.41, 5.74) is 2.40. The minimum Gasteiger partial charge on any atom is -0.364 e. The molecule has 0 radical (unpaired) electrons. The molecule has 0 aliphatic carbocycles. The molecule has 0 aliphatic rings. The zero-order valence-corrected chi connectivity index (χ0v) is 9.74. The van der Waals surface area contributed by atoms with Crippen molar-refractivity contribution in [3.8, 4) is 6.07 Å². The Bertz CT molecular complexity index is 434. The first-order valence-electron chi connectivity index (χ1n) is 5.01. The molecule has 0 atom stereocenters. The predicted octanol–water partition coefficient (Wildman–Crippen LogP) is 1.05. The maximum absolute atomic E-state index is 11.2. The molecule has 0 aliphatic heterocycles. The van der Waals surface area contributed by atoms with Crippen molar-refractivity contribution >= 4 is 11.6 Å². The summed E-state index contributed by atoms with van der Waals surface area (Å²) in [4.78, 5) is 13.0. The molecule has 0 aromatic heterocycles. The Kier molecular flexibility index (Phi) is 3.90. The van der Waals surface area contributed by atoms with E-state index in [2.05, 4.69) is 11.4 Å². The molecule has 4 nitrogen and oxygen atoms in total. The fourth-order valence-corrected chi connectivity index (χ4v) is 1.45. The normalized spacial score (nSPS) is 9.38. The quantitative estimate of drug-likeness (QED) is 0.823. The molecule has 1 aromatic carbocycles. The van der Waals surface area contributed by atoms with Gasteiger partial charge in [0.15, 0.2) is 0 Å². The lowest BCUT2D eigenvalue weighted by Gasteiger charge is -2.19. The van der Waals surface area contributed by atoms with E-state index in [4.69, 9.17) is 5.26 Å². The lowest BCUT2D eigenvalue weighted by molar-refractivity contribution is -0.119. The largest absolute Gasteiger partial charge is 0.364 e. The van der Waals surface area contributed by atoms with Gasteiger partial charge in [-0.1, -0.05) is 6.07 Å². The van der Waals surface area contributed by atoms with Crippen LogP contribution >= 0.6 is 0 Å². The molecule has 0 saturated carbocycles. The molecule has 1 aromatic rings. The van der Waals surface area contributed by atoms with Gasteiger partial charge in [0.1, 0.15) is 6.07 Å². The lowest BCUT2D eigenvalue weighted by Crippen LogP contribution is -2.33. The molecular formula is C12H15N3O. The fraction of sp³-hybridized carbons (Fsp3) is 0.333. The van der Waals surface area contributed by atoms with E-state index in [1.165, 1.54) is 0 Å². The zero-order valence-electron chi connectivity index (χ0n) is 9.74. The number of carbonyl (C=O) groups is 1. The molecular weight excluding hydrogens is 202 g/mol. The van der Waals surface area contributed by atoms with E-state index in [-0.39, 0.29) is 12.5 Å². The van der Waals surface area contributed by atoms with Crippen LogP contribution in [0.2, 0.25) is 0 Å². The van der Waals surface area contributed by atoms with Gasteiger partial charge < -0.3 is 10.2 Å². The molecule has 0 bridgehead atoms. The molecule has 1 amide bonds. The number of nitrogens with zero attached hydrogens (tertiary/aromatic N) is 2. The average Bonchev–Trinajstić information content (AvgIpc) is 2.28. The molecule has 16 heavy (non-hydrogen) atoms. The summed E-state index contributed by atoms with van der Waals surface area (Å²) in [7, 11) is 3.39. The first-order chi connectivity index (χ1) is 7.58. The second-order valence-electron chi connectivity index (χ2n) is 3.66. The highest BCUT2D eigenvalue weighted by molar-refractivity contribution is 5.81. The summed E-state index contributed by atoms with van der Waals surface area (Å²) in [5.74, 6) is -0.0769. The van der Waals surface area contributed by atoms with Crippen molar-refractivity contribution in [1.82, 2.24) is 5.32 Å². The Hall–Kier alpha value is -2.02. The second kappa shape index (κ2) is 5.17. The average molecular weight is 217 g/mol. The third-order valence-corrected chi connectivity index (χ3v) is 2.34. The van der Waals surface area contributed by atoms with Crippen LogP contribution in [-0.2, 0) is 4.79 Å². The fourth-order valence-electron chi connectivity index (χ4n) is 1.45. The van der Waals surface area contributed by atoms with E-state index in [1.54, 1.807) is 19.0 Å². The van der Waals surface area contributed by atoms with E-state index in [1.807, 2.05) is 25.1 Å². The van der Waals surface area contributed by atoms with Crippen LogP contribution in [0.5, 0.6) is 0 Å². The topological polar surface area (TPSA) is 56.1 Å². The Morgan fingerprint density at radius 3 is 2.81 bits per heavy atom. The summed E-state index contributed by atoms with van der Waals surface area (Å²) >= 11 is 0. The third-order valence-electron chi connectivity index (χ3n) is 2.34. The molecule has 0 spiro atoms. The smallest absolute Gasteiger partial charge is 0.239 e. The highest BCUT2D eigenvalue weighted by Gasteiger charge is 2.10. The summed E-state index contributed by atoms with van der Waals surface area (Å²) in [5, 5.41) is 11.6. The van der Waals surface area contributed by atoms with Crippen LogP contribution in [0.4, 0.5) is 5.69 Å². The van der Waals surface area contributed by atoms with Gasteiger partial charge >= 0.3 is 0 Å². The summed E-state index contributed by atoms with van der Waals surface area (Å²) < 4.78 is 0. The number of benzene rings is 1. The Morgan fingerprint density at radius 1 is 1.56 bits per heavy atom. The Labute approximate surface area is 95.5 Å². The van der Waals surface area contributed by atoms with Crippen molar-refractivity contribution in [1.29, 1.82) is 5.26 Å². The SMILES string of the molecule is CNC(=O)CN(C)c1ccc(C)cc1C#N. The number of hydrogen-bond acceptors (Lipinski definition) is 3. The maximum atomic E-state index is 11.2. The van der Waals surface area contributed by atoms with Crippen molar-refractivity contribution in [2.24, 2.45) is 0 Å². The Balaban J connectivity index is 2.95. The highest BCUT2D eigenvalue weighted by atomic mass is 16.1. The third kappa shape index (κ3) is 2.74. The lowest BCUT2D eigenvalue weighted by atomic mass is 10.1. The molecule has 0 unspecified atom stereocenters. The molecule has 1 rings (SSSR count). The van der Waals surface area contributed by atoms with E-state index in [0.29, 0.717) is 5.56 Å². The van der Waals surface area contributed by atoms with Crippen LogP contribution in [0.25, 0.3) is 0 Å². The van der Waals surface area contributed by atoms with E-state index >= 15 is 0 Å². The van der Waals surface area contributed by atoms with Crippen molar-refractivity contribution in [2.45, 2.75) is 6.92 Å².